The fraction of sp³-hybridized carbons (Fsp3) is 0.500. The van der Waals surface area contributed by atoms with Crippen LogP contribution < -0.4 is 4.90 Å². The summed E-state index contributed by atoms with van der Waals surface area (Å²) >= 11 is 0. The number of carbonyl (C=O) groups excluding carboxylic acids is 1. The second-order valence-electron chi connectivity index (χ2n) is 7.59. The normalized spacial score (nSPS) is 21.8. The fourth-order valence-corrected chi connectivity index (χ4v) is 3.87. The van der Waals surface area contributed by atoms with Gasteiger partial charge in [0.15, 0.2) is 5.82 Å². The van der Waals surface area contributed by atoms with Gasteiger partial charge in [-0.25, -0.2) is 9.97 Å². The Morgan fingerprint density at radius 2 is 2.04 bits per heavy atom. The highest BCUT2D eigenvalue weighted by Gasteiger charge is 2.41. The summed E-state index contributed by atoms with van der Waals surface area (Å²) < 4.78 is 5.76. The number of ether oxygens (including phenoxy) is 1. The summed E-state index contributed by atoms with van der Waals surface area (Å²) in [5.74, 6) is 1.65. The van der Waals surface area contributed by atoms with E-state index in [2.05, 4.69) is 4.98 Å². The first-order chi connectivity index (χ1) is 13.0. The molecule has 0 aromatic carbocycles. The molecule has 0 bridgehead atoms. The zero-order chi connectivity index (χ0) is 19.0. The lowest BCUT2D eigenvalue weighted by Gasteiger charge is -2.35. The van der Waals surface area contributed by atoms with Crippen molar-refractivity contribution in [3.63, 3.8) is 0 Å². The van der Waals surface area contributed by atoms with Gasteiger partial charge in [-0.05, 0) is 38.3 Å². The maximum absolute atomic E-state index is 13.0. The smallest absolute Gasteiger partial charge is 0.254 e. The Labute approximate surface area is 159 Å². The van der Waals surface area contributed by atoms with Crippen LogP contribution >= 0.6 is 0 Å². The molecule has 0 aliphatic carbocycles. The van der Waals surface area contributed by atoms with Gasteiger partial charge < -0.3 is 14.5 Å². The Morgan fingerprint density at radius 3 is 2.70 bits per heavy atom. The highest BCUT2D eigenvalue weighted by molar-refractivity contribution is 5.85. The van der Waals surface area contributed by atoms with Gasteiger partial charge in [0, 0.05) is 50.8 Å². The van der Waals surface area contributed by atoms with Crippen LogP contribution in [0.25, 0.3) is 11.4 Å². The summed E-state index contributed by atoms with van der Waals surface area (Å²) in [6.07, 6.45) is 5.94. The minimum Gasteiger partial charge on any atom is -0.365 e. The molecule has 4 heterocycles. The molecule has 1 saturated heterocycles. The monoisotopic (exact) mass is 367 g/mol. The molecule has 0 N–H and O–H groups in total. The van der Waals surface area contributed by atoms with E-state index in [0.717, 1.165) is 41.9 Å². The standard InChI is InChI=1S/C20H25N5O2/c1-20(8-4-12-27-20)19(26)25-11-7-15-16(13-25)22-17(23-18(15)24(2)3)14-5-9-21-10-6-14/h5-6,9-10H,4,7-8,11-13H2,1-3H3. The molecule has 2 aliphatic rings. The second-order valence-corrected chi connectivity index (χ2v) is 7.59. The van der Waals surface area contributed by atoms with E-state index in [-0.39, 0.29) is 5.91 Å². The van der Waals surface area contributed by atoms with Crippen molar-refractivity contribution in [1.29, 1.82) is 0 Å². The largest absolute Gasteiger partial charge is 0.365 e. The Balaban J connectivity index is 1.69. The van der Waals surface area contributed by atoms with Crippen LogP contribution in [0.5, 0.6) is 0 Å². The number of nitrogens with zero attached hydrogens (tertiary/aromatic N) is 5. The van der Waals surface area contributed by atoms with Gasteiger partial charge in [0.25, 0.3) is 5.91 Å². The summed E-state index contributed by atoms with van der Waals surface area (Å²) in [4.78, 5) is 30.6. The zero-order valence-corrected chi connectivity index (χ0v) is 16.1. The lowest BCUT2D eigenvalue weighted by molar-refractivity contribution is -0.152. The number of aromatic nitrogens is 3. The van der Waals surface area contributed by atoms with E-state index in [1.54, 1.807) is 12.4 Å². The lowest BCUT2D eigenvalue weighted by atomic mass is 9.98. The minimum absolute atomic E-state index is 0.0705. The number of amides is 1. The Morgan fingerprint density at radius 1 is 1.26 bits per heavy atom. The van der Waals surface area contributed by atoms with Gasteiger partial charge in [-0.15, -0.1) is 0 Å². The summed E-state index contributed by atoms with van der Waals surface area (Å²) in [6.45, 7) is 3.73. The van der Waals surface area contributed by atoms with Crippen molar-refractivity contribution in [3.05, 3.63) is 35.8 Å². The van der Waals surface area contributed by atoms with E-state index in [4.69, 9.17) is 14.7 Å². The van der Waals surface area contributed by atoms with Gasteiger partial charge in [-0.3, -0.25) is 9.78 Å². The maximum atomic E-state index is 13.0. The van der Waals surface area contributed by atoms with E-state index in [1.807, 2.05) is 43.0 Å². The highest BCUT2D eigenvalue weighted by Crippen LogP contribution is 2.32. The topological polar surface area (TPSA) is 71.5 Å². The van der Waals surface area contributed by atoms with E-state index < -0.39 is 5.60 Å². The molecule has 1 fully saturated rings. The molecule has 7 heteroatoms. The summed E-state index contributed by atoms with van der Waals surface area (Å²) in [6, 6.07) is 3.81. The van der Waals surface area contributed by atoms with Crippen molar-refractivity contribution in [2.75, 3.05) is 32.1 Å². The van der Waals surface area contributed by atoms with Crippen molar-refractivity contribution < 1.29 is 9.53 Å². The van der Waals surface area contributed by atoms with Crippen LogP contribution in [0, 0.1) is 0 Å². The van der Waals surface area contributed by atoms with Crippen LogP contribution in [-0.4, -0.2) is 58.6 Å². The molecule has 2 aliphatic heterocycles. The first-order valence-electron chi connectivity index (χ1n) is 9.39. The number of carbonyl (C=O) groups is 1. The number of anilines is 1. The van der Waals surface area contributed by atoms with Gasteiger partial charge >= 0.3 is 0 Å². The van der Waals surface area contributed by atoms with Crippen molar-refractivity contribution in [3.8, 4) is 11.4 Å². The van der Waals surface area contributed by atoms with Gasteiger partial charge in [0.1, 0.15) is 11.4 Å². The molecule has 0 spiro atoms. The van der Waals surface area contributed by atoms with Gasteiger partial charge in [-0.2, -0.15) is 0 Å². The predicted molar refractivity (Wildman–Crippen MR) is 102 cm³/mol. The van der Waals surface area contributed by atoms with E-state index in [9.17, 15) is 4.79 Å². The molecular weight excluding hydrogens is 342 g/mol. The van der Waals surface area contributed by atoms with E-state index >= 15 is 0 Å². The predicted octanol–water partition coefficient (Wildman–Crippen LogP) is 2.06. The van der Waals surface area contributed by atoms with E-state index in [1.165, 1.54) is 0 Å². The Hall–Kier alpha value is -2.54. The molecule has 142 valence electrons. The number of hydrogen-bond acceptors (Lipinski definition) is 6. The average Bonchev–Trinajstić information content (AvgIpc) is 3.14. The molecule has 1 atom stereocenters. The number of pyridine rings is 1. The first-order valence-corrected chi connectivity index (χ1v) is 9.39. The van der Waals surface area contributed by atoms with E-state index in [0.29, 0.717) is 25.5 Å². The molecule has 0 radical (unpaired) electrons. The maximum Gasteiger partial charge on any atom is 0.254 e. The lowest BCUT2D eigenvalue weighted by Crippen LogP contribution is -2.48. The quantitative estimate of drug-likeness (QED) is 0.827. The van der Waals surface area contributed by atoms with Crippen molar-refractivity contribution in [2.24, 2.45) is 0 Å². The summed E-state index contributed by atoms with van der Waals surface area (Å²) in [7, 11) is 3.98. The highest BCUT2D eigenvalue weighted by atomic mass is 16.5. The van der Waals surface area contributed by atoms with Crippen molar-refractivity contribution in [2.45, 2.75) is 38.3 Å². The van der Waals surface area contributed by atoms with Crippen molar-refractivity contribution in [1.82, 2.24) is 19.9 Å². The molecule has 4 rings (SSSR count). The van der Waals surface area contributed by atoms with Gasteiger partial charge in [-0.1, -0.05) is 0 Å². The Bertz CT molecular complexity index is 847. The Kier molecular flexibility index (Phi) is 4.55. The molecule has 0 saturated carbocycles. The average molecular weight is 367 g/mol. The van der Waals surface area contributed by atoms with Crippen molar-refractivity contribution >= 4 is 11.7 Å². The minimum atomic E-state index is -0.692. The second kappa shape index (κ2) is 6.88. The third-order valence-corrected chi connectivity index (χ3v) is 5.36. The van der Waals surface area contributed by atoms with Crippen LogP contribution in [0.3, 0.4) is 0 Å². The molecule has 1 amide bonds. The van der Waals surface area contributed by atoms with Gasteiger partial charge in [0.05, 0.1) is 12.2 Å². The molecule has 7 nitrogen and oxygen atoms in total. The third kappa shape index (κ3) is 3.27. The van der Waals surface area contributed by atoms with Crippen LogP contribution in [0.1, 0.15) is 31.0 Å². The molecule has 2 aromatic rings. The molecule has 2 aromatic heterocycles. The van der Waals surface area contributed by atoms with Crippen LogP contribution in [0.2, 0.25) is 0 Å². The molecule has 27 heavy (non-hydrogen) atoms. The number of fused-ring (bicyclic) bond motifs is 1. The van der Waals surface area contributed by atoms with Crippen LogP contribution in [0.4, 0.5) is 5.82 Å². The summed E-state index contributed by atoms with van der Waals surface area (Å²) in [5.41, 5.74) is 2.27. The third-order valence-electron chi connectivity index (χ3n) is 5.36. The van der Waals surface area contributed by atoms with Crippen LogP contribution in [-0.2, 0) is 22.5 Å². The number of rotatable bonds is 3. The SMILES string of the molecule is CN(C)c1nc(-c2ccncc2)nc2c1CCN(C(=O)C1(C)CCCO1)C2. The number of hydrogen-bond donors (Lipinski definition) is 0. The fourth-order valence-electron chi connectivity index (χ4n) is 3.87. The van der Waals surface area contributed by atoms with Gasteiger partial charge in [0.2, 0.25) is 0 Å². The van der Waals surface area contributed by atoms with Crippen LogP contribution in [0.15, 0.2) is 24.5 Å². The molecular formula is C20H25N5O2. The first kappa shape index (κ1) is 17.9. The summed E-state index contributed by atoms with van der Waals surface area (Å²) in [5, 5.41) is 0. The zero-order valence-electron chi connectivity index (χ0n) is 16.1. The molecule has 1 unspecified atom stereocenters.